The highest BCUT2D eigenvalue weighted by Gasteiger charge is 2.12. The van der Waals surface area contributed by atoms with Crippen molar-refractivity contribution in [3.8, 4) is 11.3 Å². The molecule has 84 valence electrons. The van der Waals surface area contributed by atoms with Crippen LogP contribution in [0.4, 0.5) is 0 Å². The highest BCUT2D eigenvalue weighted by molar-refractivity contribution is 6.30. The molecule has 1 aromatic carbocycles. The van der Waals surface area contributed by atoms with Crippen molar-refractivity contribution in [2.75, 3.05) is 7.11 Å². The molecule has 4 heteroatoms. The van der Waals surface area contributed by atoms with Crippen LogP contribution in [0.25, 0.3) is 11.3 Å². The van der Waals surface area contributed by atoms with Gasteiger partial charge in [0.1, 0.15) is 5.69 Å². The fourth-order valence-corrected chi connectivity index (χ4v) is 1.57. The smallest absolute Gasteiger partial charge is 0.167 e. The molecule has 0 saturated heterocycles. The second-order valence-electron chi connectivity index (χ2n) is 3.50. The summed E-state index contributed by atoms with van der Waals surface area (Å²) in [6.07, 6.45) is -0.0725. The third-order valence-electron chi connectivity index (χ3n) is 2.41. The lowest BCUT2D eigenvalue weighted by atomic mass is 10.1. The Kier molecular flexibility index (Phi) is 3.27. The van der Waals surface area contributed by atoms with E-state index in [9.17, 15) is 0 Å². The normalized spacial score (nSPS) is 12.7. The average molecular weight is 238 g/mol. The van der Waals surface area contributed by atoms with E-state index >= 15 is 0 Å². The first kappa shape index (κ1) is 11.2. The van der Waals surface area contributed by atoms with E-state index in [1.165, 1.54) is 0 Å². The lowest BCUT2D eigenvalue weighted by Gasteiger charge is -2.02. The van der Waals surface area contributed by atoms with Crippen LogP contribution in [0.5, 0.6) is 0 Å². The molecule has 1 atom stereocenters. The van der Waals surface area contributed by atoms with E-state index in [1.807, 2.05) is 37.3 Å². The van der Waals surface area contributed by atoms with Gasteiger partial charge in [-0.25, -0.2) is 0 Å². The maximum Gasteiger partial charge on any atom is 0.167 e. The summed E-state index contributed by atoms with van der Waals surface area (Å²) in [5, 5.41) is 4.63. The Morgan fingerprint density at radius 2 is 2.19 bits per heavy atom. The van der Waals surface area contributed by atoms with Crippen molar-refractivity contribution in [2.45, 2.75) is 13.0 Å². The third-order valence-corrected chi connectivity index (χ3v) is 2.64. The number of aromatic nitrogens is 1. The first-order valence-corrected chi connectivity index (χ1v) is 5.34. The minimum Gasteiger partial charge on any atom is -0.375 e. The van der Waals surface area contributed by atoms with Crippen molar-refractivity contribution in [1.29, 1.82) is 0 Å². The van der Waals surface area contributed by atoms with Crippen LogP contribution in [0.3, 0.4) is 0 Å². The molecule has 0 saturated carbocycles. The van der Waals surface area contributed by atoms with Gasteiger partial charge in [-0.2, -0.15) is 0 Å². The zero-order valence-corrected chi connectivity index (χ0v) is 9.86. The quantitative estimate of drug-likeness (QED) is 0.817. The molecule has 1 aromatic heterocycles. The van der Waals surface area contributed by atoms with Gasteiger partial charge in [0.25, 0.3) is 0 Å². The van der Waals surface area contributed by atoms with E-state index in [-0.39, 0.29) is 6.10 Å². The summed E-state index contributed by atoms with van der Waals surface area (Å²) in [6.45, 7) is 1.92. The predicted octanol–water partition coefficient (Wildman–Crippen LogP) is 3.70. The van der Waals surface area contributed by atoms with E-state index in [0.717, 1.165) is 11.3 Å². The Morgan fingerprint density at radius 3 is 2.88 bits per heavy atom. The molecule has 0 radical (unpaired) electrons. The van der Waals surface area contributed by atoms with Gasteiger partial charge in [-0.1, -0.05) is 28.9 Å². The number of methoxy groups -OCH3 is 1. The van der Waals surface area contributed by atoms with Gasteiger partial charge in [-0.05, 0) is 19.1 Å². The van der Waals surface area contributed by atoms with Gasteiger partial charge >= 0.3 is 0 Å². The molecule has 1 unspecified atom stereocenters. The van der Waals surface area contributed by atoms with Crippen LogP contribution in [0, 0.1) is 0 Å². The zero-order valence-electron chi connectivity index (χ0n) is 9.11. The van der Waals surface area contributed by atoms with Crippen LogP contribution in [0.1, 0.15) is 18.7 Å². The lowest BCUT2D eigenvalue weighted by molar-refractivity contribution is 0.112. The van der Waals surface area contributed by atoms with Crippen molar-refractivity contribution in [3.63, 3.8) is 0 Å². The van der Waals surface area contributed by atoms with Crippen LogP contribution in [-0.2, 0) is 4.74 Å². The number of rotatable bonds is 3. The van der Waals surface area contributed by atoms with E-state index in [0.29, 0.717) is 10.8 Å². The Labute approximate surface area is 99.0 Å². The zero-order chi connectivity index (χ0) is 11.5. The highest BCUT2D eigenvalue weighted by atomic mass is 35.5. The van der Waals surface area contributed by atoms with Gasteiger partial charge in [0, 0.05) is 23.8 Å². The molecule has 0 aliphatic carbocycles. The summed E-state index contributed by atoms with van der Waals surface area (Å²) >= 11 is 5.90. The van der Waals surface area contributed by atoms with Crippen molar-refractivity contribution < 1.29 is 9.26 Å². The van der Waals surface area contributed by atoms with E-state index in [2.05, 4.69) is 5.16 Å². The second-order valence-corrected chi connectivity index (χ2v) is 3.94. The SMILES string of the molecule is COC(C)c1cc(-c2cccc(Cl)c2)on1. The largest absolute Gasteiger partial charge is 0.375 e. The molecule has 0 aliphatic heterocycles. The average Bonchev–Trinajstić information content (AvgIpc) is 2.77. The number of ether oxygens (including phenoxy) is 1. The van der Waals surface area contributed by atoms with Crippen LogP contribution in [0.2, 0.25) is 5.02 Å². The Bertz CT molecular complexity index is 481. The van der Waals surface area contributed by atoms with E-state index in [4.69, 9.17) is 20.9 Å². The molecule has 0 amide bonds. The molecule has 0 fully saturated rings. The first-order chi connectivity index (χ1) is 7.70. The van der Waals surface area contributed by atoms with Crippen molar-refractivity contribution in [2.24, 2.45) is 0 Å². The second kappa shape index (κ2) is 4.68. The van der Waals surface area contributed by atoms with Crippen molar-refractivity contribution in [3.05, 3.63) is 41.0 Å². The molecular formula is C12H12ClNO2. The summed E-state index contributed by atoms with van der Waals surface area (Å²) < 4.78 is 10.4. The molecule has 2 rings (SSSR count). The molecule has 16 heavy (non-hydrogen) atoms. The fraction of sp³-hybridized carbons (Fsp3) is 0.250. The summed E-state index contributed by atoms with van der Waals surface area (Å²) in [5.74, 6) is 0.696. The highest BCUT2D eigenvalue weighted by Crippen LogP contribution is 2.25. The summed E-state index contributed by atoms with van der Waals surface area (Å²) in [4.78, 5) is 0. The molecule has 0 N–H and O–H groups in total. The van der Waals surface area contributed by atoms with Gasteiger partial charge < -0.3 is 9.26 Å². The van der Waals surface area contributed by atoms with Gasteiger partial charge in [0.15, 0.2) is 5.76 Å². The minimum atomic E-state index is -0.0725. The van der Waals surface area contributed by atoms with Crippen LogP contribution < -0.4 is 0 Å². The molecule has 0 aliphatic rings. The maximum absolute atomic E-state index is 5.90. The monoisotopic (exact) mass is 237 g/mol. The fourth-order valence-electron chi connectivity index (χ4n) is 1.38. The number of hydrogen-bond acceptors (Lipinski definition) is 3. The number of halogens is 1. The van der Waals surface area contributed by atoms with Crippen molar-refractivity contribution in [1.82, 2.24) is 5.16 Å². The Morgan fingerprint density at radius 1 is 1.38 bits per heavy atom. The number of nitrogens with zero attached hydrogens (tertiary/aromatic N) is 1. The summed E-state index contributed by atoms with van der Waals surface area (Å²) in [6, 6.07) is 9.32. The predicted molar refractivity (Wildman–Crippen MR) is 62.4 cm³/mol. The Balaban J connectivity index is 2.31. The standard InChI is InChI=1S/C12H12ClNO2/c1-8(15-2)11-7-12(16-14-11)9-4-3-5-10(13)6-9/h3-8H,1-2H3. The third kappa shape index (κ3) is 2.26. The molecular weight excluding hydrogens is 226 g/mol. The maximum atomic E-state index is 5.90. The molecule has 1 heterocycles. The van der Waals surface area contributed by atoms with Crippen LogP contribution in [-0.4, -0.2) is 12.3 Å². The topological polar surface area (TPSA) is 35.3 Å². The van der Waals surface area contributed by atoms with Gasteiger partial charge in [0.05, 0.1) is 6.10 Å². The minimum absolute atomic E-state index is 0.0725. The lowest BCUT2D eigenvalue weighted by Crippen LogP contribution is -1.94. The molecule has 0 spiro atoms. The van der Waals surface area contributed by atoms with E-state index in [1.54, 1.807) is 7.11 Å². The van der Waals surface area contributed by atoms with Crippen molar-refractivity contribution >= 4 is 11.6 Å². The Hall–Kier alpha value is -1.32. The van der Waals surface area contributed by atoms with E-state index < -0.39 is 0 Å². The molecule has 2 aromatic rings. The summed E-state index contributed by atoms with van der Waals surface area (Å²) in [7, 11) is 1.64. The van der Waals surface area contributed by atoms with Crippen LogP contribution >= 0.6 is 11.6 Å². The van der Waals surface area contributed by atoms with Gasteiger partial charge in [-0.15, -0.1) is 0 Å². The molecule has 3 nitrogen and oxygen atoms in total. The van der Waals surface area contributed by atoms with Gasteiger partial charge in [-0.3, -0.25) is 0 Å². The van der Waals surface area contributed by atoms with Gasteiger partial charge in [0.2, 0.25) is 0 Å². The summed E-state index contributed by atoms with van der Waals surface area (Å²) in [5.41, 5.74) is 1.69. The number of hydrogen-bond donors (Lipinski definition) is 0. The number of benzene rings is 1. The first-order valence-electron chi connectivity index (χ1n) is 4.96. The van der Waals surface area contributed by atoms with Crippen LogP contribution in [0.15, 0.2) is 34.9 Å². The molecule has 0 bridgehead atoms.